The maximum Gasteiger partial charge on any atom is 0.251 e. The molecular weight excluding hydrogens is 292 g/mol. The van der Waals surface area contributed by atoms with Crippen LogP contribution in [0.3, 0.4) is 0 Å². The SMILES string of the molecule is O=C(NCCCNc1ncncc1Cl)c1cccc(O)c1. The monoisotopic (exact) mass is 306 g/mol. The van der Waals surface area contributed by atoms with Crippen molar-refractivity contribution in [2.45, 2.75) is 6.42 Å². The van der Waals surface area contributed by atoms with Crippen molar-refractivity contribution in [3.8, 4) is 5.75 Å². The van der Waals surface area contributed by atoms with E-state index in [0.717, 1.165) is 0 Å². The van der Waals surface area contributed by atoms with Gasteiger partial charge in [-0.05, 0) is 24.6 Å². The lowest BCUT2D eigenvalue weighted by Crippen LogP contribution is -2.25. The summed E-state index contributed by atoms with van der Waals surface area (Å²) in [4.78, 5) is 19.6. The molecule has 110 valence electrons. The lowest BCUT2D eigenvalue weighted by Gasteiger charge is -2.08. The van der Waals surface area contributed by atoms with Crippen molar-refractivity contribution in [1.82, 2.24) is 15.3 Å². The summed E-state index contributed by atoms with van der Waals surface area (Å²) in [6.07, 6.45) is 3.64. The van der Waals surface area contributed by atoms with E-state index in [2.05, 4.69) is 20.6 Å². The van der Waals surface area contributed by atoms with E-state index >= 15 is 0 Å². The number of phenolic OH excluding ortho intramolecular Hbond substituents is 1. The van der Waals surface area contributed by atoms with E-state index in [-0.39, 0.29) is 11.7 Å². The molecular formula is C14H15ClN4O2. The first-order valence-electron chi connectivity index (χ1n) is 6.43. The molecule has 0 radical (unpaired) electrons. The van der Waals surface area contributed by atoms with Gasteiger partial charge in [0, 0.05) is 18.7 Å². The highest BCUT2D eigenvalue weighted by Gasteiger charge is 2.05. The first-order chi connectivity index (χ1) is 10.2. The number of nitrogens with one attached hydrogen (secondary N) is 2. The minimum absolute atomic E-state index is 0.0720. The van der Waals surface area contributed by atoms with E-state index in [4.69, 9.17) is 11.6 Å². The van der Waals surface area contributed by atoms with E-state index in [1.165, 1.54) is 24.7 Å². The molecule has 0 spiro atoms. The Hall–Kier alpha value is -2.34. The van der Waals surface area contributed by atoms with Crippen LogP contribution >= 0.6 is 11.6 Å². The predicted octanol–water partition coefficient (Wildman–Crippen LogP) is 2.07. The van der Waals surface area contributed by atoms with Crippen LogP contribution in [0.25, 0.3) is 0 Å². The Morgan fingerprint density at radius 3 is 2.95 bits per heavy atom. The Morgan fingerprint density at radius 2 is 2.19 bits per heavy atom. The van der Waals surface area contributed by atoms with E-state index in [1.54, 1.807) is 12.1 Å². The Bertz CT molecular complexity index is 621. The number of amides is 1. The minimum atomic E-state index is -0.217. The van der Waals surface area contributed by atoms with Crippen molar-refractivity contribution < 1.29 is 9.90 Å². The molecule has 1 aromatic carbocycles. The number of anilines is 1. The lowest BCUT2D eigenvalue weighted by atomic mass is 10.2. The molecule has 7 heteroatoms. The van der Waals surface area contributed by atoms with Crippen molar-refractivity contribution in [2.24, 2.45) is 0 Å². The van der Waals surface area contributed by atoms with Crippen molar-refractivity contribution >= 4 is 23.3 Å². The number of aromatic nitrogens is 2. The second kappa shape index (κ2) is 7.44. The average Bonchev–Trinajstić information content (AvgIpc) is 2.48. The van der Waals surface area contributed by atoms with Gasteiger partial charge < -0.3 is 15.7 Å². The van der Waals surface area contributed by atoms with E-state index in [9.17, 15) is 9.90 Å². The zero-order valence-corrected chi connectivity index (χ0v) is 12.0. The van der Waals surface area contributed by atoms with E-state index in [1.807, 2.05) is 0 Å². The van der Waals surface area contributed by atoms with Crippen molar-refractivity contribution in [3.63, 3.8) is 0 Å². The molecule has 21 heavy (non-hydrogen) atoms. The van der Waals surface area contributed by atoms with Crippen LogP contribution in [0.2, 0.25) is 5.02 Å². The van der Waals surface area contributed by atoms with Gasteiger partial charge >= 0.3 is 0 Å². The number of hydrogen-bond donors (Lipinski definition) is 3. The normalized spacial score (nSPS) is 10.1. The number of phenols is 1. The highest BCUT2D eigenvalue weighted by molar-refractivity contribution is 6.32. The quantitative estimate of drug-likeness (QED) is 0.711. The van der Waals surface area contributed by atoms with Crippen LogP contribution in [0.15, 0.2) is 36.8 Å². The third-order valence-corrected chi connectivity index (χ3v) is 2.98. The maximum absolute atomic E-state index is 11.8. The van der Waals surface area contributed by atoms with Gasteiger partial charge in [-0.1, -0.05) is 17.7 Å². The first-order valence-corrected chi connectivity index (χ1v) is 6.81. The molecule has 6 nitrogen and oxygen atoms in total. The van der Waals surface area contributed by atoms with Crippen LogP contribution < -0.4 is 10.6 Å². The zero-order chi connectivity index (χ0) is 15.1. The van der Waals surface area contributed by atoms with Gasteiger partial charge in [0.1, 0.15) is 22.9 Å². The Morgan fingerprint density at radius 1 is 1.33 bits per heavy atom. The number of rotatable bonds is 6. The van der Waals surface area contributed by atoms with Crippen LogP contribution in [0, 0.1) is 0 Å². The summed E-state index contributed by atoms with van der Waals surface area (Å²) in [6, 6.07) is 6.22. The third-order valence-electron chi connectivity index (χ3n) is 2.71. The van der Waals surface area contributed by atoms with Crippen molar-refractivity contribution in [3.05, 3.63) is 47.4 Å². The van der Waals surface area contributed by atoms with Gasteiger partial charge in [-0.2, -0.15) is 0 Å². The molecule has 0 fully saturated rings. The van der Waals surface area contributed by atoms with Crippen LogP contribution in [0.4, 0.5) is 5.82 Å². The van der Waals surface area contributed by atoms with E-state index in [0.29, 0.717) is 35.9 Å². The molecule has 1 amide bonds. The number of nitrogens with zero attached hydrogens (tertiary/aromatic N) is 2. The molecule has 0 aliphatic rings. The van der Waals surface area contributed by atoms with Gasteiger partial charge in [0.05, 0.1) is 6.20 Å². The largest absolute Gasteiger partial charge is 0.508 e. The second-order valence-electron chi connectivity index (χ2n) is 4.31. The third kappa shape index (κ3) is 4.61. The molecule has 0 bridgehead atoms. The number of halogens is 1. The molecule has 0 unspecified atom stereocenters. The molecule has 2 rings (SSSR count). The van der Waals surface area contributed by atoms with Crippen LogP contribution in [0.1, 0.15) is 16.8 Å². The number of hydrogen-bond acceptors (Lipinski definition) is 5. The second-order valence-corrected chi connectivity index (χ2v) is 4.71. The molecule has 1 heterocycles. The first kappa shape index (κ1) is 15.1. The maximum atomic E-state index is 11.8. The summed E-state index contributed by atoms with van der Waals surface area (Å²) in [5.41, 5.74) is 0.432. The fourth-order valence-corrected chi connectivity index (χ4v) is 1.86. The summed E-state index contributed by atoms with van der Waals surface area (Å²) in [5.74, 6) is 0.430. The topological polar surface area (TPSA) is 87.1 Å². The smallest absolute Gasteiger partial charge is 0.251 e. The Balaban J connectivity index is 1.70. The summed E-state index contributed by atoms with van der Waals surface area (Å²) in [5, 5.41) is 15.6. The Kier molecular flexibility index (Phi) is 5.34. The van der Waals surface area contributed by atoms with Crippen molar-refractivity contribution in [2.75, 3.05) is 18.4 Å². The molecule has 0 aliphatic carbocycles. The average molecular weight is 307 g/mol. The standard InChI is InChI=1S/C14H15ClN4O2/c15-12-8-16-9-19-13(12)17-5-2-6-18-14(21)10-3-1-4-11(20)7-10/h1,3-4,7-9,20H,2,5-6H2,(H,18,21)(H,16,17,19). The minimum Gasteiger partial charge on any atom is -0.508 e. The van der Waals surface area contributed by atoms with Gasteiger partial charge in [-0.3, -0.25) is 4.79 Å². The molecule has 0 saturated carbocycles. The fourth-order valence-electron chi connectivity index (χ4n) is 1.69. The van der Waals surface area contributed by atoms with Crippen LogP contribution in [-0.2, 0) is 0 Å². The van der Waals surface area contributed by atoms with Gasteiger partial charge in [0.15, 0.2) is 0 Å². The van der Waals surface area contributed by atoms with Gasteiger partial charge in [-0.25, -0.2) is 9.97 Å². The number of carbonyl (C=O) groups is 1. The molecule has 0 aliphatic heterocycles. The summed E-state index contributed by atoms with van der Waals surface area (Å²) in [6.45, 7) is 1.13. The van der Waals surface area contributed by atoms with Crippen LogP contribution in [-0.4, -0.2) is 34.1 Å². The van der Waals surface area contributed by atoms with Gasteiger partial charge in [-0.15, -0.1) is 0 Å². The predicted molar refractivity (Wildman–Crippen MR) is 80.6 cm³/mol. The molecule has 3 N–H and O–H groups in total. The molecule has 0 saturated heterocycles. The zero-order valence-electron chi connectivity index (χ0n) is 11.2. The Labute approximate surface area is 127 Å². The van der Waals surface area contributed by atoms with Crippen LogP contribution in [0.5, 0.6) is 5.75 Å². The highest BCUT2D eigenvalue weighted by Crippen LogP contribution is 2.15. The molecule has 1 aromatic heterocycles. The van der Waals surface area contributed by atoms with E-state index < -0.39 is 0 Å². The number of carbonyl (C=O) groups excluding carboxylic acids is 1. The summed E-state index contributed by atoms with van der Waals surface area (Å²) in [7, 11) is 0. The summed E-state index contributed by atoms with van der Waals surface area (Å²) >= 11 is 5.90. The number of aromatic hydroxyl groups is 1. The highest BCUT2D eigenvalue weighted by atomic mass is 35.5. The van der Waals surface area contributed by atoms with Crippen molar-refractivity contribution in [1.29, 1.82) is 0 Å². The molecule has 2 aromatic rings. The van der Waals surface area contributed by atoms with Gasteiger partial charge in [0.2, 0.25) is 0 Å². The summed E-state index contributed by atoms with van der Waals surface area (Å²) < 4.78 is 0. The lowest BCUT2D eigenvalue weighted by molar-refractivity contribution is 0.0953. The fraction of sp³-hybridized carbons (Fsp3) is 0.214. The molecule has 0 atom stereocenters. The van der Waals surface area contributed by atoms with Gasteiger partial charge in [0.25, 0.3) is 5.91 Å². The number of benzene rings is 1.